The fourth-order valence-corrected chi connectivity index (χ4v) is 3.02. The first-order valence-corrected chi connectivity index (χ1v) is 7.33. The third-order valence-corrected chi connectivity index (χ3v) is 3.86. The van der Waals surface area contributed by atoms with Crippen molar-refractivity contribution in [3.05, 3.63) is 29.3 Å². The molecule has 3 nitrogen and oxygen atoms in total. The summed E-state index contributed by atoms with van der Waals surface area (Å²) < 4.78 is 0. The second kappa shape index (κ2) is 6.55. The lowest BCUT2D eigenvalue weighted by atomic mass is 10.2. The molecule has 1 aliphatic rings. The van der Waals surface area contributed by atoms with Crippen LogP contribution in [0.1, 0.15) is 12.8 Å². The summed E-state index contributed by atoms with van der Waals surface area (Å²) in [7, 11) is 4.20. The molecule has 1 fully saturated rings. The second-order valence-corrected chi connectivity index (χ2v) is 6.02. The van der Waals surface area contributed by atoms with Crippen molar-refractivity contribution in [3.63, 3.8) is 0 Å². The number of rotatable bonds is 3. The van der Waals surface area contributed by atoms with Crippen molar-refractivity contribution < 1.29 is 0 Å². The van der Waals surface area contributed by atoms with Gasteiger partial charge in [-0.15, -0.1) is 0 Å². The van der Waals surface area contributed by atoms with Crippen molar-refractivity contribution in [2.45, 2.75) is 18.9 Å². The van der Waals surface area contributed by atoms with Crippen LogP contribution in [0.15, 0.2) is 24.3 Å². The summed E-state index contributed by atoms with van der Waals surface area (Å²) in [6.45, 7) is 2.07. The van der Waals surface area contributed by atoms with E-state index in [0.29, 0.717) is 6.04 Å². The summed E-state index contributed by atoms with van der Waals surface area (Å²) in [6.07, 6.45) is 2.41. The highest BCUT2D eigenvalue weighted by atomic mass is 35.5. The van der Waals surface area contributed by atoms with Gasteiger partial charge in [-0.2, -0.15) is 0 Å². The molecule has 0 saturated carbocycles. The first-order chi connectivity index (χ1) is 9.06. The third-order valence-electron chi connectivity index (χ3n) is 3.29. The molecule has 0 bridgehead atoms. The average Bonchev–Trinajstić information content (AvgIpc) is 2.76. The van der Waals surface area contributed by atoms with Gasteiger partial charge in [0.25, 0.3) is 0 Å². The molecule has 0 amide bonds. The van der Waals surface area contributed by atoms with Gasteiger partial charge < -0.3 is 15.1 Å². The molecule has 0 aliphatic carbocycles. The van der Waals surface area contributed by atoms with Crippen LogP contribution in [-0.2, 0) is 0 Å². The number of nitrogens with one attached hydrogen (secondary N) is 1. The largest absolute Gasteiger partial charge is 0.345 e. The maximum Gasteiger partial charge on any atom is 0.173 e. The molecule has 0 aromatic heterocycles. The van der Waals surface area contributed by atoms with Gasteiger partial charge in [0, 0.05) is 29.8 Å². The van der Waals surface area contributed by atoms with Gasteiger partial charge in [0.15, 0.2) is 5.11 Å². The Morgan fingerprint density at radius 1 is 1.53 bits per heavy atom. The Morgan fingerprint density at radius 2 is 2.32 bits per heavy atom. The minimum atomic E-state index is 0.509. The van der Waals surface area contributed by atoms with Gasteiger partial charge in [-0.1, -0.05) is 17.7 Å². The van der Waals surface area contributed by atoms with Crippen molar-refractivity contribution in [1.29, 1.82) is 0 Å². The Labute approximate surface area is 125 Å². The van der Waals surface area contributed by atoms with Gasteiger partial charge in [-0.05, 0) is 57.4 Å². The monoisotopic (exact) mass is 297 g/mol. The van der Waals surface area contributed by atoms with Gasteiger partial charge in [0.2, 0.25) is 0 Å². The van der Waals surface area contributed by atoms with Crippen molar-refractivity contribution in [2.24, 2.45) is 0 Å². The topological polar surface area (TPSA) is 18.5 Å². The van der Waals surface area contributed by atoms with Gasteiger partial charge >= 0.3 is 0 Å². The van der Waals surface area contributed by atoms with E-state index in [4.69, 9.17) is 23.8 Å². The Balaban J connectivity index is 1.99. The van der Waals surface area contributed by atoms with Crippen LogP contribution in [0.2, 0.25) is 5.02 Å². The number of likely N-dealkylation sites (tertiary alicyclic amines) is 1. The Morgan fingerprint density at radius 3 is 3.00 bits per heavy atom. The highest BCUT2D eigenvalue weighted by Gasteiger charge is 2.26. The molecule has 1 N–H and O–H groups in total. The van der Waals surface area contributed by atoms with Crippen molar-refractivity contribution >= 4 is 34.6 Å². The van der Waals surface area contributed by atoms with Crippen LogP contribution in [0.4, 0.5) is 5.69 Å². The van der Waals surface area contributed by atoms with Crippen LogP contribution in [-0.4, -0.2) is 48.1 Å². The predicted molar refractivity (Wildman–Crippen MR) is 86.0 cm³/mol. The quantitative estimate of drug-likeness (QED) is 0.864. The minimum Gasteiger partial charge on any atom is -0.345 e. The highest BCUT2D eigenvalue weighted by Crippen LogP contribution is 2.21. The smallest absolute Gasteiger partial charge is 0.173 e. The molecule has 19 heavy (non-hydrogen) atoms. The molecule has 1 aromatic carbocycles. The zero-order valence-corrected chi connectivity index (χ0v) is 13.0. The molecule has 104 valence electrons. The third kappa shape index (κ3) is 4.06. The number of anilines is 1. The zero-order valence-electron chi connectivity index (χ0n) is 11.4. The molecule has 1 aliphatic heterocycles. The molecular weight excluding hydrogens is 278 g/mol. The van der Waals surface area contributed by atoms with E-state index in [2.05, 4.69) is 29.2 Å². The molecule has 5 heteroatoms. The summed E-state index contributed by atoms with van der Waals surface area (Å²) in [6, 6.07) is 8.17. The predicted octanol–water partition coefficient (Wildman–Crippen LogP) is 3.06. The minimum absolute atomic E-state index is 0.509. The molecule has 1 atom stereocenters. The highest BCUT2D eigenvalue weighted by molar-refractivity contribution is 7.80. The van der Waals surface area contributed by atoms with Crippen LogP contribution < -0.4 is 5.32 Å². The molecular formula is C14H20ClN3S. The number of hydrogen-bond acceptors (Lipinski definition) is 2. The molecule has 2 rings (SSSR count). The fourth-order valence-electron chi connectivity index (χ4n) is 2.48. The van der Waals surface area contributed by atoms with Crippen LogP contribution in [0.25, 0.3) is 0 Å². The molecule has 0 radical (unpaired) electrons. The fraction of sp³-hybridized carbons (Fsp3) is 0.500. The molecule has 1 aromatic rings. The van der Waals surface area contributed by atoms with Crippen LogP contribution >= 0.6 is 23.8 Å². The SMILES string of the molecule is CN(C)CC1CCCN1C(=S)Nc1cccc(Cl)c1. The summed E-state index contributed by atoms with van der Waals surface area (Å²) in [4.78, 5) is 4.50. The second-order valence-electron chi connectivity index (χ2n) is 5.19. The van der Waals surface area contributed by atoms with E-state index in [0.717, 1.165) is 28.9 Å². The number of likely N-dealkylation sites (N-methyl/N-ethyl adjacent to an activating group) is 1. The zero-order chi connectivity index (χ0) is 13.8. The van der Waals surface area contributed by atoms with Gasteiger partial charge in [-0.25, -0.2) is 0 Å². The van der Waals surface area contributed by atoms with E-state index in [1.54, 1.807) is 0 Å². The van der Waals surface area contributed by atoms with E-state index < -0.39 is 0 Å². The Hall–Kier alpha value is -0.840. The Bertz CT molecular complexity index is 450. The first-order valence-electron chi connectivity index (χ1n) is 6.54. The van der Waals surface area contributed by atoms with E-state index in [-0.39, 0.29) is 0 Å². The summed E-state index contributed by atoms with van der Waals surface area (Å²) in [5.74, 6) is 0. The van der Waals surface area contributed by atoms with E-state index in [1.807, 2.05) is 24.3 Å². The van der Waals surface area contributed by atoms with E-state index in [9.17, 15) is 0 Å². The molecule has 1 saturated heterocycles. The number of nitrogens with zero attached hydrogens (tertiary/aromatic N) is 2. The van der Waals surface area contributed by atoms with E-state index >= 15 is 0 Å². The number of benzene rings is 1. The lowest BCUT2D eigenvalue weighted by molar-refractivity contribution is 0.288. The molecule has 1 unspecified atom stereocenters. The standard InChI is InChI=1S/C14H20ClN3S/c1-17(2)10-13-7-4-8-18(13)14(19)16-12-6-3-5-11(15)9-12/h3,5-6,9,13H,4,7-8,10H2,1-2H3,(H,16,19). The maximum absolute atomic E-state index is 5.98. The molecule has 0 spiro atoms. The van der Waals surface area contributed by atoms with Crippen molar-refractivity contribution in [3.8, 4) is 0 Å². The Kier molecular flexibility index (Phi) is 5.02. The summed E-state index contributed by atoms with van der Waals surface area (Å²) in [5, 5.41) is 4.80. The van der Waals surface area contributed by atoms with E-state index in [1.165, 1.54) is 12.8 Å². The lowest BCUT2D eigenvalue weighted by Crippen LogP contribution is -2.43. The first kappa shape index (κ1) is 14.6. The lowest BCUT2D eigenvalue weighted by Gasteiger charge is -2.29. The number of halogens is 1. The van der Waals surface area contributed by atoms with Crippen molar-refractivity contribution in [1.82, 2.24) is 9.80 Å². The van der Waals surface area contributed by atoms with Crippen LogP contribution in [0.5, 0.6) is 0 Å². The number of thiocarbonyl (C=S) groups is 1. The average molecular weight is 298 g/mol. The van der Waals surface area contributed by atoms with Crippen LogP contribution in [0, 0.1) is 0 Å². The van der Waals surface area contributed by atoms with Gasteiger partial charge in [0.05, 0.1) is 0 Å². The number of hydrogen-bond donors (Lipinski definition) is 1. The van der Waals surface area contributed by atoms with Crippen molar-refractivity contribution in [2.75, 3.05) is 32.5 Å². The van der Waals surface area contributed by atoms with Gasteiger partial charge in [-0.3, -0.25) is 0 Å². The molecule has 1 heterocycles. The summed E-state index contributed by atoms with van der Waals surface area (Å²) in [5.41, 5.74) is 0.952. The van der Waals surface area contributed by atoms with Gasteiger partial charge in [0.1, 0.15) is 0 Å². The normalized spacial score (nSPS) is 18.9. The maximum atomic E-state index is 5.98. The van der Waals surface area contributed by atoms with Crippen LogP contribution in [0.3, 0.4) is 0 Å². The summed E-state index contributed by atoms with van der Waals surface area (Å²) >= 11 is 11.5.